The molecule has 8 nitrogen and oxygen atoms in total. The lowest BCUT2D eigenvalue weighted by Crippen LogP contribution is -2.27. The predicted octanol–water partition coefficient (Wildman–Crippen LogP) is 4.94. The van der Waals surface area contributed by atoms with Gasteiger partial charge in [0.1, 0.15) is 11.1 Å². The average molecular weight is 464 g/mol. The van der Waals surface area contributed by atoms with Crippen molar-refractivity contribution in [3.8, 4) is 5.75 Å². The van der Waals surface area contributed by atoms with Crippen LogP contribution >= 0.6 is 11.8 Å². The first-order valence-electron chi connectivity index (χ1n) is 10.1. The molecule has 1 aliphatic rings. The van der Waals surface area contributed by atoms with Crippen molar-refractivity contribution < 1.29 is 19.2 Å². The van der Waals surface area contributed by atoms with Gasteiger partial charge in [-0.2, -0.15) is 0 Å². The van der Waals surface area contributed by atoms with Gasteiger partial charge in [-0.05, 0) is 55.0 Å². The van der Waals surface area contributed by atoms with Crippen LogP contribution in [0.2, 0.25) is 0 Å². The summed E-state index contributed by atoms with van der Waals surface area (Å²) < 4.78 is 5.20. The molecule has 1 N–H and O–H groups in total. The number of rotatable bonds is 6. The maximum atomic E-state index is 12.7. The molecule has 1 aliphatic heterocycles. The highest BCUT2D eigenvalue weighted by Crippen LogP contribution is 2.42. The molecule has 33 heavy (non-hydrogen) atoms. The van der Waals surface area contributed by atoms with Gasteiger partial charge < -0.3 is 10.1 Å². The molecule has 1 saturated heterocycles. The Morgan fingerprint density at radius 1 is 1.15 bits per heavy atom. The smallest absolute Gasteiger partial charge is 0.273 e. The van der Waals surface area contributed by atoms with E-state index >= 15 is 0 Å². The highest BCUT2D eigenvalue weighted by Gasteiger charge is 2.34. The Hall–Kier alpha value is -3.85. The van der Waals surface area contributed by atoms with Gasteiger partial charge in [0.25, 0.3) is 11.6 Å². The zero-order chi connectivity index (χ0) is 23.5. The number of nitro groups is 1. The second-order valence-electron chi connectivity index (χ2n) is 7.46. The number of carbonyl (C=O) groups is 2. The summed E-state index contributed by atoms with van der Waals surface area (Å²) in [6.07, 6.45) is 0. The van der Waals surface area contributed by atoms with Crippen molar-refractivity contribution in [2.75, 3.05) is 23.1 Å². The Labute approximate surface area is 194 Å². The zero-order valence-corrected chi connectivity index (χ0v) is 18.8. The van der Waals surface area contributed by atoms with Crippen LogP contribution < -0.4 is 15.0 Å². The number of benzene rings is 3. The maximum absolute atomic E-state index is 12.7. The topological polar surface area (TPSA) is 102 Å². The van der Waals surface area contributed by atoms with Gasteiger partial charge in [-0.3, -0.25) is 24.6 Å². The molecular formula is C24H21N3O5S. The third kappa shape index (κ3) is 4.68. The van der Waals surface area contributed by atoms with Crippen molar-refractivity contribution in [2.24, 2.45) is 0 Å². The fourth-order valence-corrected chi connectivity index (χ4v) is 4.78. The molecule has 0 bridgehead atoms. The number of hydrogen-bond acceptors (Lipinski definition) is 6. The summed E-state index contributed by atoms with van der Waals surface area (Å²) in [5, 5.41) is 13.7. The van der Waals surface area contributed by atoms with Crippen molar-refractivity contribution >= 4 is 40.6 Å². The number of amides is 2. The van der Waals surface area contributed by atoms with E-state index in [1.807, 2.05) is 24.3 Å². The molecule has 1 heterocycles. The lowest BCUT2D eigenvalue weighted by molar-refractivity contribution is -0.385. The lowest BCUT2D eigenvalue weighted by Gasteiger charge is -2.25. The predicted molar refractivity (Wildman–Crippen MR) is 128 cm³/mol. The molecular weight excluding hydrogens is 442 g/mol. The van der Waals surface area contributed by atoms with Crippen LogP contribution in [0.1, 0.15) is 26.9 Å². The second-order valence-corrected chi connectivity index (χ2v) is 8.53. The van der Waals surface area contributed by atoms with Gasteiger partial charge in [0.05, 0.1) is 17.8 Å². The van der Waals surface area contributed by atoms with E-state index in [0.717, 1.165) is 11.3 Å². The molecule has 0 radical (unpaired) electrons. The monoisotopic (exact) mass is 463 g/mol. The molecule has 0 unspecified atom stereocenters. The van der Waals surface area contributed by atoms with Gasteiger partial charge in [0.2, 0.25) is 5.91 Å². The van der Waals surface area contributed by atoms with Crippen molar-refractivity contribution in [1.82, 2.24) is 0 Å². The third-order valence-corrected chi connectivity index (χ3v) is 6.53. The minimum absolute atomic E-state index is 0.00318. The fourth-order valence-electron chi connectivity index (χ4n) is 3.61. The van der Waals surface area contributed by atoms with E-state index in [4.69, 9.17) is 4.74 Å². The summed E-state index contributed by atoms with van der Waals surface area (Å²) in [5.41, 5.74) is 2.73. The number of thioether (sulfide) groups is 1. The van der Waals surface area contributed by atoms with Gasteiger partial charge in [-0.25, -0.2) is 0 Å². The van der Waals surface area contributed by atoms with Crippen LogP contribution in [0.15, 0.2) is 66.7 Å². The van der Waals surface area contributed by atoms with Crippen LogP contribution in [0.25, 0.3) is 0 Å². The quantitative estimate of drug-likeness (QED) is 0.410. The van der Waals surface area contributed by atoms with Crippen LogP contribution in [0.3, 0.4) is 0 Å². The number of nitrogens with zero attached hydrogens (tertiary/aromatic N) is 2. The van der Waals surface area contributed by atoms with E-state index in [1.54, 1.807) is 55.3 Å². The summed E-state index contributed by atoms with van der Waals surface area (Å²) in [5.74, 6) is 0.602. The van der Waals surface area contributed by atoms with Crippen LogP contribution in [0, 0.1) is 17.0 Å². The van der Waals surface area contributed by atoms with Crippen LogP contribution in [0.5, 0.6) is 5.75 Å². The molecule has 0 saturated carbocycles. The first-order chi connectivity index (χ1) is 15.9. The average Bonchev–Trinajstić information content (AvgIpc) is 3.20. The number of hydrogen-bond donors (Lipinski definition) is 1. The standard InChI is InChI=1S/C24H21N3O5S/c1-15-6-7-16(13-21(15)27(30)31)23(29)25-18-5-3-4-17(12-18)24-26(22(28)14-33-24)19-8-10-20(32-2)11-9-19/h3-13,24H,14H2,1-2H3,(H,25,29)/t24-/m1/s1. The minimum Gasteiger partial charge on any atom is -0.497 e. The molecule has 9 heteroatoms. The first-order valence-corrected chi connectivity index (χ1v) is 11.2. The largest absolute Gasteiger partial charge is 0.497 e. The third-order valence-electron chi connectivity index (χ3n) is 5.32. The van der Waals surface area contributed by atoms with E-state index in [9.17, 15) is 19.7 Å². The van der Waals surface area contributed by atoms with E-state index in [0.29, 0.717) is 22.8 Å². The first kappa shape index (κ1) is 22.3. The zero-order valence-electron chi connectivity index (χ0n) is 18.0. The molecule has 0 spiro atoms. The number of anilines is 2. The number of nitrogens with one attached hydrogen (secondary N) is 1. The minimum atomic E-state index is -0.505. The Morgan fingerprint density at radius 3 is 2.61 bits per heavy atom. The number of nitro benzene ring substituents is 1. The molecule has 1 fully saturated rings. The molecule has 0 aromatic heterocycles. The van der Waals surface area contributed by atoms with E-state index < -0.39 is 10.8 Å². The van der Waals surface area contributed by atoms with Crippen molar-refractivity contribution in [3.05, 3.63) is 93.5 Å². The highest BCUT2D eigenvalue weighted by molar-refractivity contribution is 8.00. The highest BCUT2D eigenvalue weighted by atomic mass is 32.2. The second kappa shape index (κ2) is 9.33. The van der Waals surface area contributed by atoms with Crippen molar-refractivity contribution in [2.45, 2.75) is 12.3 Å². The molecule has 2 amide bonds. The van der Waals surface area contributed by atoms with Crippen LogP contribution in [-0.4, -0.2) is 29.6 Å². The molecule has 0 aliphatic carbocycles. The molecule has 1 atom stereocenters. The maximum Gasteiger partial charge on any atom is 0.273 e. The molecule has 3 aromatic rings. The Morgan fingerprint density at radius 2 is 1.91 bits per heavy atom. The Bertz CT molecular complexity index is 1230. The Kier molecular flexibility index (Phi) is 6.32. The van der Waals surface area contributed by atoms with E-state index in [-0.39, 0.29) is 22.5 Å². The number of carbonyl (C=O) groups excluding carboxylic acids is 2. The normalized spacial score (nSPS) is 15.4. The number of methoxy groups -OCH3 is 1. The Balaban J connectivity index is 1.57. The number of aryl methyl sites for hydroxylation is 1. The number of ether oxygens (including phenoxy) is 1. The van der Waals surface area contributed by atoms with Crippen LogP contribution in [-0.2, 0) is 4.79 Å². The van der Waals surface area contributed by atoms with Crippen LogP contribution in [0.4, 0.5) is 17.1 Å². The SMILES string of the molecule is COc1ccc(N2C(=O)CS[C@@H]2c2cccc(NC(=O)c3ccc(C)c([N+](=O)[O-])c3)c2)cc1. The molecule has 3 aromatic carbocycles. The summed E-state index contributed by atoms with van der Waals surface area (Å²) in [4.78, 5) is 37.8. The van der Waals surface area contributed by atoms with Gasteiger partial charge in [-0.1, -0.05) is 18.2 Å². The molecule has 4 rings (SSSR count). The van der Waals surface area contributed by atoms with Crippen molar-refractivity contribution in [1.29, 1.82) is 0 Å². The lowest BCUT2D eigenvalue weighted by atomic mass is 10.1. The van der Waals surface area contributed by atoms with E-state index in [1.165, 1.54) is 17.8 Å². The van der Waals surface area contributed by atoms with Gasteiger partial charge in [-0.15, -0.1) is 11.8 Å². The van der Waals surface area contributed by atoms with Gasteiger partial charge >= 0.3 is 0 Å². The summed E-state index contributed by atoms with van der Waals surface area (Å²) in [7, 11) is 1.59. The van der Waals surface area contributed by atoms with Gasteiger partial charge in [0, 0.05) is 28.6 Å². The summed E-state index contributed by atoms with van der Waals surface area (Å²) in [6, 6.07) is 18.9. The summed E-state index contributed by atoms with van der Waals surface area (Å²) >= 11 is 1.50. The van der Waals surface area contributed by atoms with Gasteiger partial charge in [0.15, 0.2) is 0 Å². The fraction of sp³-hybridized carbons (Fsp3) is 0.167. The summed E-state index contributed by atoms with van der Waals surface area (Å²) in [6.45, 7) is 1.62. The van der Waals surface area contributed by atoms with Crippen molar-refractivity contribution in [3.63, 3.8) is 0 Å². The molecule has 168 valence electrons. The van der Waals surface area contributed by atoms with E-state index in [2.05, 4.69) is 5.32 Å².